The minimum atomic E-state index is 0.935. The summed E-state index contributed by atoms with van der Waals surface area (Å²) < 4.78 is 11.6. The van der Waals surface area contributed by atoms with Crippen LogP contribution < -0.4 is 0 Å². The second-order valence-corrected chi connectivity index (χ2v) is 10.9. The van der Waals surface area contributed by atoms with Crippen molar-refractivity contribution in [2.75, 3.05) is 0 Å². The normalized spacial score (nSPS) is 13.1. The van der Waals surface area contributed by atoms with E-state index in [0.717, 1.165) is 11.2 Å². The lowest BCUT2D eigenvalue weighted by Gasteiger charge is -2.02. The van der Waals surface area contributed by atoms with E-state index in [2.05, 4.69) is 118 Å². The summed E-state index contributed by atoms with van der Waals surface area (Å²) in [6.45, 7) is 0. The Balaban J connectivity index is 1.54. The fourth-order valence-electron chi connectivity index (χ4n) is 7.74. The largest absolute Gasteiger partial charge is 0.455 e. The molecule has 0 aliphatic carbocycles. The highest BCUT2D eigenvalue weighted by molar-refractivity contribution is 6.39. The quantitative estimate of drug-likeness (QED) is 0.206. The Kier molecular flexibility index (Phi) is 2.93. The van der Waals surface area contributed by atoms with E-state index in [9.17, 15) is 0 Å². The molecule has 3 nitrogen and oxygen atoms in total. The zero-order valence-electron chi connectivity index (χ0n) is 20.7. The fourth-order valence-corrected chi connectivity index (χ4v) is 7.74. The number of rotatable bonds is 0. The van der Waals surface area contributed by atoms with Crippen LogP contribution in [0, 0.1) is 0 Å². The number of nitrogens with zero attached hydrogens (tertiary/aromatic N) is 2. The number of furan rings is 1. The van der Waals surface area contributed by atoms with Crippen LogP contribution in [-0.4, -0.2) is 8.80 Å². The highest BCUT2D eigenvalue weighted by Gasteiger charge is 2.26. The summed E-state index contributed by atoms with van der Waals surface area (Å²) in [6, 6.07) is 39.8. The molecule has 0 unspecified atom stereocenters. The number of hydrogen-bond acceptors (Lipinski definition) is 1. The topological polar surface area (TPSA) is 22.0 Å². The fraction of sp³-hybridized carbons (Fsp3) is 0. The second-order valence-electron chi connectivity index (χ2n) is 10.9. The third-order valence-electron chi connectivity index (χ3n) is 9.16. The molecule has 6 aromatic carbocycles. The second kappa shape index (κ2) is 6.06. The number of benzene rings is 6. The summed E-state index contributed by atoms with van der Waals surface area (Å²) in [5.41, 5.74) is 9.46. The highest BCUT2D eigenvalue weighted by atomic mass is 16.3. The van der Waals surface area contributed by atoms with Gasteiger partial charge in [-0.2, -0.15) is 0 Å². The lowest BCUT2D eigenvalue weighted by molar-refractivity contribution is 0.673. The minimum Gasteiger partial charge on any atom is -0.455 e. The minimum absolute atomic E-state index is 0.935. The van der Waals surface area contributed by atoms with Gasteiger partial charge in [0.2, 0.25) is 0 Å². The lowest BCUT2D eigenvalue weighted by atomic mass is 10.0. The van der Waals surface area contributed by atoms with Crippen molar-refractivity contribution >= 4 is 98.1 Å². The first-order chi connectivity index (χ1) is 19.4. The average Bonchev–Trinajstić information content (AvgIpc) is 3.76. The van der Waals surface area contributed by atoms with Gasteiger partial charge in [-0.15, -0.1) is 0 Å². The molecule has 0 aliphatic rings. The first kappa shape index (κ1) is 18.9. The third-order valence-corrected chi connectivity index (χ3v) is 9.16. The van der Waals surface area contributed by atoms with E-state index in [-0.39, 0.29) is 0 Å². The molecule has 0 atom stereocenters. The highest BCUT2D eigenvalue weighted by Crippen LogP contribution is 2.49. The average molecular weight is 495 g/mol. The van der Waals surface area contributed by atoms with Crippen LogP contribution in [0.1, 0.15) is 0 Å². The molecule has 0 radical (unpaired) electrons. The molecule has 5 aromatic heterocycles. The lowest BCUT2D eigenvalue weighted by Crippen LogP contribution is -1.81. The van der Waals surface area contributed by atoms with E-state index < -0.39 is 0 Å². The van der Waals surface area contributed by atoms with E-state index in [0.29, 0.717) is 0 Å². The van der Waals surface area contributed by atoms with Crippen LogP contribution in [0.15, 0.2) is 114 Å². The van der Waals surface area contributed by atoms with Gasteiger partial charge in [0, 0.05) is 48.5 Å². The summed E-state index contributed by atoms with van der Waals surface area (Å²) in [7, 11) is 0. The molecule has 178 valence electrons. The first-order valence-corrected chi connectivity index (χ1v) is 13.5. The van der Waals surface area contributed by atoms with Crippen molar-refractivity contribution in [2.45, 2.75) is 0 Å². The monoisotopic (exact) mass is 494 g/mol. The van der Waals surface area contributed by atoms with Crippen LogP contribution in [-0.2, 0) is 0 Å². The smallest absolute Gasteiger partial charge is 0.145 e. The van der Waals surface area contributed by atoms with E-state index in [1.165, 1.54) is 87.0 Å². The maximum absolute atomic E-state index is 6.61. The van der Waals surface area contributed by atoms with Gasteiger partial charge in [-0.1, -0.05) is 72.8 Å². The van der Waals surface area contributed by atoms with Gasteiger partial charge in [0.25, 0.3) is 0 Å². The molecule has 11 rings (SSSR count). The van der Waals surface area contributed by atoms with Gasteiger partial charge in [-0.25, -0.2) is 0 Å². The molecular weight excluding hydrogens is 476 g/mol. The predicted molar refractivity (Wildman–Crippen MR) is 163 cm³/mol. The van der Waals surface area contributed by atoms with Crippen LogP contribution in [0.4, 0.5) is 0 Å². The van der Waals surface area contributed by atoms with Gasteiger partial charge in [0.15, 0.2) is 0 Å². The Hall–Kier alpha value is -5.28. The van der Waals surface area contributed by atoms with Crippen molar-refractivity contribution in [3.05, 3.63) is 109 Å². The van der Waals surface area contributed by atoms with Gasteiger partial charge >= 0.3 is 0 Å². The third kappa shape index (κ3) is 1.92. The van der Waals surface area contributed by atoms with Crippen molar-refractivity contribution in [1.29, 1.82) is 0 Å². The zero-order chi connectivity index (χ0) is 25.0. The van der Waals surface area contributed by atoms with Crippen LogP contribution in [0.25, 0.3) is 98.1 Å². The molecule has 3 heteroatoms. The van der Waals surface area contributed by atoms with Crippen LogP contribution in [0.5, 0.6) is 0 Å². The molecule has 11 aromatic rings. The summed E-state index contributed by atoms with van der Waals surface area (Å²) in [6.07, 6.45) is 0. The Morgan fingerprint density at radius 3 is 1.97 bits per heavy atom. The molecule has 0 spiro atoms. The van der Waals surface area contributed by atoms with Crippen LogP contribution in [0.3, 0.4) is 0 Å². The number of fused-ring (bicyclic) bond motifs is 17. The predicted octanol–water partition coefficient (Wildman–Crippen LogP) is 9.89. The molecule has 5 heterocycles. The molecule has 0 N–H and O–H groups in total. The van der Waals surface area contributed by atoms with Gasteiger partial charge in [-0.05, 0) is 36.4 Å². The van der Waals surface area contributed by atoms with Crippen molar-refractivity contribution in [1.82, 2.24) is 8.80 Å². The standard InChI is InChI=1S/C36H18N2O/c1-4-13-26-19(8-1)21-11-7-12-24-31-29(38(26)34(21)24)18-25-32-28(37-27-14-5-2-10-23(27)33(31)35(25)37)17-16-22-20-9-3-6-15-30(20)39-36(22)32/h1-18H. The summed E-state index contributed by atoms with van der Waals surface area (Å²) >= 11 is 0. The molecule has 39 heavy (non-hydrogen) atoms. The summed E-state index contributed by atoms with van der Waals surface area (Å²) in [5.74, 6) is 0. The van der Waals surface area contributed by atoms with Crippen LogP contribution >= 0.6 is 0 Å². The first-order valence-electron chi connectivity index (χ1n) is 13.5. The van der Waals surface area contributed by atoms with Crippen molar-refractivity contribution < 1.29 is 4.42 Å². The number of aromatic nitrogens is 2. The molecule has 0 saturated heterocycles. The molecule has 0 aliphatic heterocycles. The van der Waals surface area contributed by atoms with Crippen molar-refractivity contribution in [3.8, 4) is 0 Å². The van der Waals surface area contributed by atoms with E-state index in [1.54, 1.807) is 0 Å². The van der Waals surface area contributed by atoms with Gasteiger partial charge in [0.1, 0.15) is 11.2 Å². The molecule has 0 fully saturated rings. The van der Waals surface area contributed by atoms with Gasteiger partial charge in [-0.3, -0.25) is 0 Å². The van der Waals surface area contributed by atoms with Gasteiger partial charge in [0.05, 0.1) is 38.5 Å². The van der Waals surface area contributed by atoms with Crippen LogP contribution in [0.2, 0.25) is 0 Å². The molecular formula is C36H18N2O. The Labute approximate surface area is 220 Å². The Morgan fingerprint density at radius 2 is 1.08 bits per heavy atom. The Morgan fingerprint density at radius 1 is 0.385 bits per heavy atom. The van der Waals surface area contributed by atoms with Gasteiger partial charge < -0.3 is 13.2 Å². The Bertz CT molecular complexity index is 2820. The molecule has 0 bridgehead atoms. The maximum atomic E-state index is 6.61. The van der Waals surface area contributed by atoms with Crippen molar-refractivity contribution in [2.24, 2.45) is 0 Å². The molecule has 0 amide bonds. The molecule has 0 saturated carbocycles. The SMILES string of the molecule is c1ccc2c(c1)oc1c2ccc2c1c1cc3c(c4cccc5c6ccccc6n3c54)c3c4ccccc4n2c13. The van der Waals surface area contributed by atoms with E-state index >= 15 is 0 Å². The number of hydrogen-bond donors (Lipinski definition) is 0. The van der Waals surface area contributed by atoms with Crippen molar-refractivity contribution in [3.63, 3.8) is 0 Å². The number of para-hydroxylation sites is 4. The maximum Gasteiger partial charge on any atom is 0.145 e. The summed E-state index contributed by atoms with van der Waals surface area (Å²) in [5, 5.41) is 12.7. The van der Waals surface area contributed by atoms with E-state index in [4.69, 9.17) is 4.42 Å². The zero-order valence-corrected chi connectivity index (χ0v) is 20.7. The summed E-state index contributed by atoms with van der Waals surface area (Å²) in [4.78, 5) is 0. The van der Waals surface area contributed by atoms with E-state index in [1.807, 2.05) is 0 Å².